The summed E-state index contributed by atoms with van der Waals surface area (Å²) in [4.78, 5) is 2.34. The van der Waals surface area contributed by atoms with Crippen LogP contribution in [-0.4, -0.2) is 51.0 Å². The molecule has 5 heteroatoms. The van der Waals surface area contributed by atoms with E-state index >= 15 is 0 Å². The van der Waals surface area contributed by atoms with Crippen molar-refractivity contribution >= 4 is 15.9 Å². The molecular formula is C14H21BrN2O2. The number of nitrogens with two attached hydrogens (primary N) is 1. The summed E-state index contributed by atoms with van der Waals surface area (Å²) >= 11 is 3.46. The predicted octanol–water partition coefficient (Wildman–Crippen LogP) is 1.79. The maximum absolute atomic E-state index is 5.96. The van der Waals surface area contributed by atoms with E-state index in [1.807, 2.05) is 0 Å². The second-order valence-corrected chi connectivity index (χ2v) is 5.72. The van der Waals surface area contributed by atoms with Crippen LogP contribution in [-0.2, 0) is 9.47 Å². The van der Waals surface area contributed by atoms with E-state index in [1.165, 1.54) is 5.56 Å². The average molecular weight is 329 g/mol. The first-order valence-corrected chi connectivity index (χ1v) is 7.24. The number of benzene rings is 1. The zero-order valence-corrected chi connectivity index (χ0v) is 13.0. The topological polar surface area (TPSA) is 47.7 Å². The molecule has 1 aromatic rings. The van der Waals surface area contributed by atoms with Crippen LogP contribution in [0.3, 0.4) is 0 Å². The van der Waals surface area contributed by atoms with Gasteiger partial charge in [-0.15, -0.1) is 0 Å². The number of halogens is 1. The third-order valence-corrected chi connectivity index (χ3v) is 4.30. The number of likely N-dealkylation sites (tertiary alicyclic amines) is 1. The SMILES string of the molecule is COC1CN(C(CN)c2ccc(Br)cc2)CC1OC. The third-order valence-electron chi connectivity index (χ3n) is 3.77. The highest BCUT2D eigenvalue weighted by Crippen LogP contribution is 2.27. The van der Waals surface area contributed by atoms with E-state index < -0.39 is 0 Å². The molecule has 0 aliphatic carbocycles. The number of ether oxygens (including phenoxy) is 2. The lowest BCUT2D eigenvalue weighted by Gasteiger charge is -2.26. The summed E-state index contributed by atoms with van der Waals surface area (Å²) in [6.07, 6.45) is 0.240. The van der Waals surface area contributed by atoms with Crippen molar-refractivity contribution in [2.24, 2.45) is 5.73 Å². The van der Waals surface area contributed by atoms with Gasteiger partial charge in [-0.1, -0.05) is 28.1 Å². The van der Waals surface area contributed by atoms with Crippen LogP contribution < -0.4 is 5.73 Å². The van der Waals surface area contributed by atoms with Gasteiger partial charge in [0, 0.05) is 44.4 Å². The molecule has 1 saturated heterocycles. The molecule has 0 radical (unpaired) electrons. The Morgan fingerprint density at radius 2 is 1.74 bits per heavy atom. The van der Waals surface area contributed by atoms with Crippen molar-refractivity contribution in [2.75, 3.05) is 33.9 Å². The molecule has 19 heavy (non-hydrogen) atoms. The first kappa shape index (κ1) is 14.9. The van der Waals surface area contributed by atoms with E-state index in [1.54, 1.807) is 14.2 Å². The normalized spacial score (nSPS) is 25.7. The minimum atomic E-state index is 0.120. The van der Waals surface area contributed by atoms with Crippen molar-refractivity contribution in [1.29, 1.82) is 0 Å². The maximum atomic E-state index is 5.96. The highest BCUT2D eigenvalue weighted by molar-refractivity contribution is 9.10. The van der Waals surface area contributed by atoms with Gasteiger partial charge in [0.15, 0.2) is 0 Å². The molecule has 106 valence electrons. The lowest BCUT2D eigenvalue weighted by Crippen LogP contribution is -2.33. The molecule has 4 nitrogen and oxygen atoms in total. The Kier molecular flexibility index (Phi) is 5.36. The fraction of sp³-hybridized carbons (Fsp3) is 0.571. The van der Waals surface area contributed by atoms with Gasteiger partial charge in [-0.2, -0.15) is 0 Å². The quantitative estimate of drug-likeness (QED) is 0.895. The number of hydrogen-bond donors (Lipinski definition) is 1. The maximum Gasteiger partial charge on any atom is 0.0972 e. The molecule has 0 aromatic heterocycles. The summed E-state index contributed by atoms with van der Waals surface area (Å²) in [7, 11) is 3.47. The zero-order chi connectivity index (χ0) is 13.8. The van der Waals surface area contributed by atoms with Gasteiger partial charge in [0.25, 0.3) is 0 Å². The van der Waals surface area contributed by atoms with E-state index in [2.05, 4.69) is 45.1 Å². The molecule has 1 fully saturated rings. The van der Waals surface area contributed by atoms with Gasteiger partial charge in [0.2, 0.25) is 0 Å². The Hall–Kier alpha value is -0.460. The first-order valence-electron chi connectivity index (χ1n) is 6.44. The van der Waals surface area contributed by atoms with Gasteiger partial charge < -0.3 is 15.2 Å². The summed E-state index contributed by atoms with van der Waals surface area (Å²) in [5, 5.41) is 0. The number of nitrogens with zero attached hydrogens (tertiary/aromatic N) is 1. The van der Waals surface area contributed by atoms with Crippen LogP contribution in [0.4, 0.5) is 0 Å². The molecule has 1 aromatic carbocycles. The van der Waals surface area contributed by atoms with E-state index in [9.17, 15) is 0 Å². The van der Waals surface area contributed by atoms with Gasteiger partial charge in [0.1, 0.15) is 0 Å². The molecule has 3 unspecified atom stereocenters. The van der Waals surface area contributed by atoms with Gasteiger partial charge in [0.05, 0.1) is 12.2 Å². The Morgan fingerprint density at radius 3 is 2.16 bits per heavy atom. The minimum Gasteiger partial charge on any atom is -0.377 e. The van der Waals surface area contributed by atoms with Crippen LogP contribution in [0.5, 0.6) is 0 Å². The summed E-state index contributed by atoms with van der Waals surface area (Å²) in [6, 6.07) is 8.55. The first-order chi connectivity index (χ1) is 9.19. The van der Waals surface area contributed by atoms with Crippen LogP contribution in [0.25, 0.3) is 0 Å². The number of methoxy groups -OCH3 is 2. The minimum absolute atomic E-state index is 0.120. The number of hydrogen-bond acceptors (Lipinski definition) is 4. The van der Waals surface area contributed by atoms with E-state index in [-0.39, 0.29) is 18.2 Å². The van der Waals surface area contributed by atoms with Crippen LogP contribution >= 0.6 is 15.9 Å². The van der Waals surface area contributed by atoms with E-state index in [0.717, 1.165) is 17.6 Å². The molecular weight excluding hydrogens is 308 g/mol. The molecule has 0 bridgehead atoms. The third kappa shape index (κ3) is 3.35. The fourth-order valence-electron chi connectivity index (χ4n) is 2.66. The summed E-state index contributed by atoms with van der Waals surface area (Å²) < 4.78 is 12.0. The predicted molar refractivity (Wildman–Crippen MR) is 79.1 cm³/mol. The van der Waals surface area contributed by atoms with Crippen molar-refractivity contribution in [1.82, 2.24) is 4.90 Å². The highest BCUT2D eigenvalue weighted by atomic mass is 79.9. The Labute approximate surface area is 123 Å². The van der Waals surface area contributed by atoms with Crippen LogP contribution in [0.15, 0.2) is 28.7 Å². The molecule has 0 amide bonds. The van der Waals surface area contributed by atoms with Crippen molar-refractivity contribution in [2.45, 2.75) is 18.2 Å². The van der Waals surface area contributed by atoms with Crippen LogP contribution in [0, 0.1) is 0 Å². The van der Waals surface area contributed by atoms with Gasteiger partial charge >= 0.3 is 0 Å². The summed E-state index contributed by atoms with van der Waals surface area (Å²) in [5.74, 6) is 0. The van der Waals surface area contributed by atoms with Crippen molar-refractivity contribution in [3.8, 4) is 0 Å². The molecule has 2 rings (SSSR count). The van der Waals surface area contributed by atoms with E-state index in [0.29, 0.717) is 6.54 Å². The smallest absolute Gasteiger partial charge is 0.0972 e. The summed E-state index contributed by atoms with van der Waals surface area (Å²) in [6.45, 7) is 2.30. The van der Waals surface area contributed by atoms with Gasteiger partial charge in [-0.3, -0.25) is 4.90 Å². The molecule has 1 aliphatic rings. The van der Waals surface area contributed by atoms with Gasteiger partial charge in [-0.05, 0) is 17.7 Å². The molecule has 0 saturated carbocycles. The molecule has 0 spiro atoms. The molecule has 1 heterocycles. The highest BCUT2D eigenvalue weighted by Gasteiger charge is 2.36. The van der Waals surface area contributed by atoms with Crippen molar-refractivity contribution in [3.63, 3.8) is 0 Å². The number of rotatable bonds is 5. The Bertz CT molecular complexity index is 387. The average Bonchev–Trinajstić information content (AvgIpc) is 2.85. The second-order valence-electron chi connectivity index (χ2n) is 4.81. The van der Waals surface area contributed by atoms with E-state index in [4.69, 9.17) is 15.2 Å². The Balaban J connectivity index is 2.12. The fourth-order valence-corrected chi connectivity index (χ4v) is 2.92. The summed E-state index contributed by atoms with van der Waals surface area (Å²) in [5.41, 5.74) is 7.20. The monoisotopic (exact) mass is 328 g/mol. The van der Waals surface area contributed by atoms with Crippen LogP contribution in [0.2, 0.25) is 0 Å². The molecule has 3 atom stereocenters. The van der Waals surface area contributed by atoms with Crippen molar-refractivity contribution in [3.05, 3.63) is 34.3 Å². The largest absolute Gasteiger partial charge is 0.377 e. The second kappa shape index (κ2) is 6.81. The van der Waals surface area contributed by atoms with Crippen molar-refractivity contribution < 1.29 is 9.47 Å². The lowest BCUT2D eigenvalue weighted by molar-refractivity contribution is -0.00461. The van der Waals surface area contributed by atoms with Crippen LogP contribution in [0.1, 0.15) is 11.6 Å². The standard InChI is InChI=1S/C14H21BrN2O2/c1-18-13-8-17(9-14(13)19-2)12(7-16)10-3-5-11(15)6-4-10/h3-6,12-14H,7-9,16H2,1-2H3. The zero-order valence-electron chi connectivity index (χ0n) is 11.4. The molecule has 2 N–H and O–H groups in total. The molecule has 1 aliphatic heterocycles. The lowest BCUT2D eigenvalue weighted by atomic mass is 10.1. The Morgan fingerprint density at radius 1 is 1.21 bits per heavy atom. The van der Waals surface area contributed by atoms with Gasteiger partial charge in [-0.25, -0.2) is 0 Å².